The molecule has 78 valence electrons. The normalized spacial score (nSPS) is 38.3. The fourth-order valence-electron chi connectivity index (χ4n) is 3.09. The Labute approximate surface area is 85.3 Å². The van der Waals surface area contributed by atoms with Crippen LogP contribution in [0.3, 0.4) is 0 Å². The Bertz CT molecular complexity index is 301. The second-order valence-corrected chi connectivity index (χ2v) is 5.20. The molecule has 3 atom stereocenters. The van der Waals surface area contributed by atoms with Crippen LogP contribution in [0.15, 0.2) is 11.6 Å². The molecule has 0 heterocycles. The number of ether oxygens (including phenoxy) is 1. The van der Waals surface area contributed by atoms with Crippen molar-refractivity contribution < 1.29 is 9.53 Å². The number of hydrogen-bond donors (Lipinski definition) is 0. The third-order valence-corrected chi connectivity index (χ3v) is 4.02. The van der Waals surface area contributed by atoms with Gasteiger partial charge in [0.1, 0.15) is 6.10 Å². The number of esters is 1. The maximum absolute atomic E-state index is 10.9. The number of allylic oxidation sites excluding steroid dienone is 1. The van der Waals surface area contributed by atoms with Crippen molar-refractivity contribution in [1.82, 2.24) is 0 Å². The summed E-state index contributed by atoms with van der Waals surface area (Å²) in [5.41, 5.74) is 1.71. The molecule has 3 aliphatic carbocycles. The molecular weight excluding hydrogens is 176 g/mol. The summed E-state index contributed by atoms with van der Waals surface area (Å²) < 4.78 is 5.33. The van der Waals surface area contributed by atoms with E-state index in [4.69, 9.17) is 4.74 Å². The van der Waals surface area contributed by atoms with Crippen molar-refractivity contribution in [3.05, 3.63) is 11.6 Å². The third-order valence-electron chi connectivity index (χ3n) is 4.02. The SMILES string of the molecule is CC(=O)O[C@@H]1C=C(C)[C@H]2C[C@@H]1C2(C)C. The maximum atomic E-state index is 10.9. The molecule has 0 radical (unpaired) electrons. The fourth-order valence-corrected chi connectivity index (χ4v) is 3.09. The minimum atomic E-state index is -0.166. The average Bonchev–Trinajstić information content (AvgIpc) is 2.00. The lowest BCUT2D eigenvalue weighted by Gasteiger charge is -2.58. The van der Waals surface area contributed by atoms with Crippen molar-refractivity contribution in [3.63, 3.8) is 0 Å². The highest BCUT2D eigenvalue weighted by atomic mass is 16.5. The van der Waals surface area contributed by atoms with Gasteiger partial charge in [0.15, 0.2) is 0 Å². The van der Waals surface area contributed by atoms with Crippen LogP contribution in [0.5, 0.6) is 0 Å². The molecule has 2 heteroatoms. The van der Waals surface area contributed by atoms with Gasteiger partial charge in [-0.1, -0.05) is 19.4 Å². The van der Waals surface area contributed by atoms with E-state index in [9.17, 15) is 4.79 Å². The van der Waals surface area contributed by atoms with Gasteiger partial charge in [-0.2, -0.15) is 0 Å². The Kier molecular flexibility index (Phi) is 1.98. The van der Waals surface area contributed by atoms with E-state index in [1.54, 1.807) is 0 Å². The van der Waals surface area contributed by atoms with Crippen molar-refractivity contribution in [1.29, 1.82) is 0 Å². The van der Waals surface area contributed by atoms with Gasteiger partial charge in [-0.05, 0) is 30.8 Å². The molecule has 2 nitrogen and oxygen atoms in total. The fraction of sp³-hybridized carbons (Fsp3) is 0.750. The van der Waals surface area contributed by atoms with Crippen LogP contribution in [-0.4, -0.2) is 12.1 Å². The maximum Gasteiger partial charge on any atom is 0.303 e. The van der Waals surface area contributed by atoms with Crippen LogP contribution in [0, 0.1) is 17.3 Å². The number of hydrogen-bond acceptors (Lipinski definition) is 2. The van der Waals surface area contributed by atoms with Gasteiger partial charge in [0.2, 0.25) is 0 Å². The van der Waals surface area contributed by atoms with E-state index in [1.807, 2.05) is 0 Å². The lowest BCUT2D eigenvalue weighted by Crippen LogP contribution is -2.54. The second-order valence-electron chi connectivity index (χ2n) is 5.20. The molecule has 0 aliphatic heterocycles. The molecule has 0 unspecified atom stereocenters. The van der Waals surface area contributed by atoms with E-state index < -0.39 is 0 Å². The number of rotatable bonds is 1. The predicted molar refractivity (Wildman–Crippen MR) is 54.7 cm³/mol. The molecule has 1 saturated carbocycles. The average molecular weight is 194 g/mol. The highest BCUT2D eigenvalue weighted by molar-refractivity contribution is 5.66. The third kappa shape index (κ3) is 1.20. The second kappa shape index (κ2) is 2.85. The molecule has 1 fully saturated rings. The van der Waals surface area contributed by atoms with E-state index in [-0.39, 0.29) is 12.1 Å². The summed E-state index contributed by atoms with van der Waals surface area (Å²) in [7, 11) is 0. The molecule has 14 heavy (non-hydrogen) atoms. The van der Waals surface area contributed by atoms with Crippen LogP contribution < -0.4 is 0 Å². The number of carbonyl (C=O) groups is 1. The first-order valence-electron chi connectivity index (χ1n) is 5.28. The van der Waals surface area contributed by atoms with E-state index in [0.717, 1.165) is 0 Å². The summed E-state index contributed by atoms with van der Waals surface area (Å²) in [6, 6.07) is 0. The van der Waals surface area contributed by atoms with Crippen molar-refractivity contribution in [2.45, 2.75) is 40.2 Å². The minimum Gasteiger partial charge on any atom is -0.458 e. The standard InChI is InChI=1S/C12H18O2/c1-7-5-11(14-8(2)13)10-6-9(7)12(10,3)4/h5,9-11H,6H2,1-4H3/t9-,10+,11-/m1/s1. The van der Waals surface area contributed by atoms with Gasteiger partial charge in [0, 0.05) is 12.8 Å². The van der Waals surface area contributed by atoms with Gasteiger partial charge in [-0.15, -0.1) is 0 Å². The topological polar surface area (TPSA) is 26.3 Å². The van der Waals surface area contributed by atoms with Gasteiger partial charge in [-0.25, -0.2) is 0 Å². The van der Waals surface area contributed by atoms with E-state index in [2.05, 4.69) is 26.8 Å². The van der Waals surface area contributed by atoms with E-state index in [1.165, 1.54) is 18.9 Å². The Balaban J connectivity index is 2.21. The summed E-state index contributed by atoms with van der Waals surface area (Å²) in [4.78, 5) is 10.9. The first kappa shape index (κ1) is 9.75. The predicted octanol–water partition coefficient (Wildman–Crippen LogP) is 2.54. The summed E-state index contributed by atoms with van der Waals surface area (Å²) in [5, 5.41) is 0. The number of carbonyl (C=O) groups excluding carboxylic acids is 1. The van der Waals surface area contributed by atoms with Gasteiger partial charge < -0.3 is 4.74 Å². The Hall–Kier alpha value is -0.790. The molecule has 2 bridgehead atoms. The largest absolute Gasteiger partial charge is 0.458 e. The smallest absolute Gasteiger partial charge is 0.303 e. The summed E-state index contributed by atoms with van der Waals surface area (Å²) in [6.45, 7) is 8.19. The van der Waals surface area contributed by atoms with Crippen molar-refractivity contribution in [2.24, 2.45) is 17.3 Å². The molecule has 3 aliphatic rings. The Morgan fingerprint density at radius 1 is 1.57 bits per heavy atom. The molecule has 0 amide bonds. The van der Waals surface area contributed by atoms with E-state index in [0.29, 0.717) is 17.3 Å². The molecule has 0 aromatic heterocycles. The zero-order valence-electron chi connectivity index (χ0n) is 9.33. The number of fused-ring (bicyclic) bond motifs is 1. The zero-order valence-corrected chi connectivity index (χ0v) is 9.33. The molecule has 0 aromatic rings. The van der Waals surface area contributed by atoms with Crippen LogP contribution in [0.1, 0.15) is 34.1 Å². The van der Waals surface area contributed by atoms with E-state index >= 15 is 0 Å². The first-order chi connectivity index (χ1) is 6.43. The molecule has 0 N–H and O–H groups in total. The van der Waals surface area contributed by atoms with Crippen LogP contribution in [-0.2, 0) is 9.53 Å². The van der Waals surface area contributed by atoms with Crippen LogP contribution in [0.4, 0.5) is 0 Å². The van der Waals surface area contributed by atoms with Gasteiger partial charge in [0.25, 0.3) is 0 Å². The van der Waals surface area contributed by atoms with Crippen molar-refractivity contribution >= 4 is 5.97 Å². The highest BCUT2D eigenvalue weighted by Gasteiger charge is 2.55. The summed E-state index contributed by atoms with van der Waals surface area (Å²) >= 11 is 0. The summed E-state index contributed by atoms with van der Waals surface area (Å²) in [6.07, 6.45) is 3.34. The summed E-state index contributed by atoms with van der Waals surface area (Å²) in [5.74, 6) is 1.07. The van der Waals surface area contributed by atoms with Crippen molar-refractivity contribution in [2.75, 3.05) is 0 Å². The van der Waals surface area contributed by atoms with Crippen molar-refractivity contribution in [3.8, 4) is 0 Å². The lowest BCUT2D eigenvalue weighted by molar-refractivity contribution is -0.158. The van der Waals surface area contributed by atoms with Gasteiger partial charge in [0.05, 0.1) is 0 Å². The van der Waals surface area contributed by atoms with Gasteiger partial charge >= 0.3 is 5.97 Å². The quantitative estimate of drug-likeness (QED) is 0.473. The van der Waals surface area contributed by atoms with Crippen LogP contribution >= 0.6 is 0 Å². The molecule has 0 aromatic carbocycles. The van der Waals surface area contributed by atoms with Crippen LogP contribution in [0.25, 0.3) is 0 Å². The Morgan fingerprint density at radius 3 is 2.64 bits per heavy atom. The molecular formula is C12H18O2. The monoisotopic (exact) mass is 194 g/mol. The molecule has 3 rings (SSSR count). The minimum absolute atomic E-state index is 0.0208. The highest BCUT2D eigenvalue weighted by Crippen LogP contribution is 2.59. The molecule has 0 spiro atoms. The zero-order chi connectivity index (χ0) is 10.5. The van der Waals surface area contributed by atoms with Gasteiger partial charge in [-0.3, -0.25) is 4.79 Å². The van der Waals surface area contributed by atoms with Crippen LogP contribution in [0.2, 0.25) is 0 Å². The Morgan fingerprint density at radius 2 is 2.21 bits per heavy atom. The first-order valence-corrected chi connectivity index (χ1v) is 5.28. The molecule has 0 saturated heterocycles. The lowest BCUT2D eigenvalue weighted by atomic mass is 9.48.